The Bertz CT molecular complexity index is 943. The van der Waals surface area contributed by atoms with Crippen LogP contribution in [0.25, 0.3) is 0 Å². The molecule has 0 aromatic heterocycles. The standard InChI is InChI=1S/C24H30FNO7/c1-7-31-19(28)23(20(29)32-8-2)16(15-12-10-9-11-13-15)24(23,25)18(27)26-17(14(3)4)22(5,6)33-21(26)30/h9-14,16-17H,7-8H2,1-6H3/t16-,17+,24-/m1/s1. The third-order valence-electron chi connectivity index (χ3n) is 6.35. The van der Waals surface area contributed by atoms with Crippen molar-refractivity contribution in [1.82, 2.24) is 4.90 Å². The number of hydrogen-bond donors (Lipinski definition) is 0. The lowest BCUT2D eigenvalue weighted by Gasteiger charge is -2.32. The summed E-state index contributed by atoms with van der Waals surface area (Å²) in [7, 11) is 0. The third kappa shape index (κ3) is 3.40. The van der Waals surface area contributed by atoms with E-state index in [1.165, 1.54) is 26.0 Å². The van der Waals surface area contributed by atoms with E-state index in [0.29, 0.717) is 4.90 Å². The van der Waals surface area contributed by atoms with Crippen LogP contribution in [0.2, 0.25) is 0 Å². The van der Waals surface area contributed by atoms with Crippen LogP contribution in [0.3, 0.4) is 0 Å². The zero-order valence-electron chi connectivity index (χ0n) is 19.7. The van der Waals surface area contributed by atoms with Gasteiger partial charge in [-0.25, -0.2) is 14.1 Å². The summed E-state index contributed by atoms with van der Waals surface area (Å²) < 4.78 is 32.5. The van der Waals surface area contributed by atoms with Gasteiger partial charge in [-0.15, -0.1) is 0 Å². The second kappa shape index (κ2) is 8.43. The van der Waals surface area contributed by atoms with E-state index in [-0.39, 0.29) is 24.7 Å². The van der Waals surface area contributed by atoms with E-state index >= 15 is 4.39 Å². The largest absolute Gasteiger partial charge is 0.465 e. The van der Waals surface area contributed by atoms with Crippen molar-refractivity contribution >= 4 is 23.9 Å². The molecule has 8 nitrogen and oxygen atoms in total. The van der Waals surface area contributed by atoms with E-state index in [4.69, 9.17) is 14.2 Å². The highest BCUT2D eigenvalue weighted by atomic mass is 19.1. The molecule has 2 aliphatic rings. The highest BCUT2D eigenvalue weighted by molar-refractivity contribution is 6.18. The Morgan fingerprint density at radius 2 is 1.58 bits per heavy atom. The number of rotatable bonds is 7. The van der Waals surface area contributed by atoms with Gasteiger partial charge in [0, 0.05) is 0 Å². The Labute approximate surface area is 192 Å². The normalized spacial score (nSPS) is 27.2. The van der Waals surface area contributed by atoms with Gasteiger partial charge in [0.25, 0.3) is 5.91 Å². The molecule has 9 heteroatoms. The molecule has 1 aliphatic carbocycles. The van der Waals surface area contributed by atoms with Gasteiger partial charge in [0.15, 0.2) is 0 Å². The first kappa shape index (κ1) is 24.7. The molecule has 1 saturated heterocycles. The lowest BCUT2D eigenvalue weighted by molar-refractivity contribution is -0.169. The van der Waals surface area contributed by atoms with E-state index in [2.05, 4.69) is 0 Å². The molecule has 1 aromatic rings. The quantitative estimate of drug-likeness (QED) is 0.347. The van der Waals surface area contributed by atoms with Crippen molar-refractivity contribution in [2.24, 2.45) is 11.3 Å². The van der Waals surface area contributed by atoms with Crippen LogP contribution in [0.15, 0.2) is 30.3 Å². The van der Waals surface area contributed by atoms with E-state index in [1.54, 1.807) is 45.9 Å². The van der Waals surface area contributed by atoms with Crippen LogP contribution >= 0.6 is 0 Å². The number of nitrogens with zero attached hydrogens (tertiary/aromatic N) is 1. The van der Waals surface area contributed by atoms with Crippen molar-refractivity contribution < 1.29 is 37.8 Å². The van der Waals surface area contributed by atoms with Crippen LogP contribution in [0.1, 0.15) is 53.0 Å². The van der Waals surface area contributed by atoms with Gasteiger partial charge in [-0.05, 0) is 39.2 Å². The van der Waals surface area contributed by atoms with E-state index in [1.807, 2.05) is 0 Å². The number of halogens is 1. The Morgan fingerprint density at radius 1 is 1.06 bits per heavy atom. The van der Waals surface area contributed by atoms with Crippen LogP contribution < -0.4 is 0 Å². The fraction of sp³-hybridized carbons (Fsp3) is 0.583. The summed E-state index contributed by atoms with van der Waals surface area (Å²) in [5.41, 5.74) is -6.53. The minimum Gasteiger partial charge on any atom is -0.465 e. The van der Waals surface area contributed by atoms with Gasteiger partial charge in [-0.1, -0.05) is 44.2 Å². The Balaban J connectivity index is 2.21. The van der Waals surface area contributed by atoms with E-state index in [0.717, 1.165) is 0 Å². The number of amides is 2. The second-order valence-electron chi connectivity index (χ2n) is 9.14. The monoisotopic (exact) mass is 463 g/mol. The summed E-state index contributed by atoms with van der Waals surface area (Å²) in [6.07, 6.45) is -1.03. The molecule has 0 spiro atoms. The van der Waals surface area contributed by atoms with E-state index < -0.39 is 52.6 Å². The maximum absolute atomic E-state index is 17.0. The highest BCUT2D eigenvalue weighted by Crippen LogP contribution is 2.72. The number of ether oxygens (including phenoxy) is 3. The average Bonchev–Trinajstić information content (AvgIpc) is 3.23. The summed E-state index contributed by atoms with van der Waals surface area (Å²) >= 11 is 0. The van der Waals surface area contributed by atoms with Gasteiger partial charge >= 0.3 is 18.0 Å². The van der Waals surface area contributed by atoms with Crippen LogP contribution in [0.5, 0.6) is 0 Å². The average molecular weight is 464 g/mol. The molecule has 0 N–H and O–H groups in total. The van der Waals surface area contributed by atoms with Gasteiger partial charge in [0.05, 0.1) is 25.2 Å². The number of hydrogen-bond acceptors (Lipinski definition) is 7. The molecule has 0 radical (unpaired) electrons. The summed E-state index contributed by atoms with van der Waals surface area (Å²) in [4.78, 5) is 53.5. The van der Waals surface area contributed by atoms with Gasteiger partial charge in [-0.2, -0.15) is 0 Å². The zero-order chi connectivity index (χ0) is 24.8. The van der Waals surface area contributed by atoms with Crippen molar-refractivity contribution in [2.75, 3.05) is 13.2 Å². The van der Waals surface area contributed by atoms with Gasteiger partial charge in [0.1, 0.15) is 5.60 Å². The van der Waals surface area contributed by atoms with Crippen molar-refractivity contribution in [3.05, 3.63) is 35.9 Å². The molecule has 3 atom stereocenters. The molecule has 2 fully saturated rings. The number of alkyl halides is 1. The second-order valence-corrected chi connectivity index (χ2v) is 9.14. The highest BCUT2D eigenvalue weighted by Gasteiger charge is 2.93. The number of imide groups is 1. The number of benzene rings is 1. The Hall–Kier alpha value is -2.97. The molecule has 2 amide bonds. The molecule has 33 heavy (non-hydrogen) atoms. The molecule has 1 saturated carbocycles. The lowest BCUT2D eigenvalue weighted by atomic mass is 9.88. The third-order valence-corrected chi connectivity index (χ3v) is 6.35. The molecular formula is C24H30FNO7. The minimum absolute atomic E-state index is 0.140. The Kier molecular flexibility index (Phi) is 6.30. The van der Waals surface area contributed by atoms with Crippen molar-refractivity contribution in [3.8, 4) is 0 Å². The first-order valence-electron chi connectivity index (χ1n) is 11.1. The van der Waals surface area contributed by atoms with Crippen LogP contribution in [0.4, 0.5) is 9.18 Å². The molecular weight excluding hydrogens is 433 g/mol. The first-order valence-corrected chi connectivity index (χ1v) is 11.1. The smallest absolute Gasteiger partial charge is 0.417 e. The van der Waals surface area contributed by atoms with Gasteiger partial charge < -0.3 is 14.2 Å². The van der Waals surface area contributed by atoms with Gasteiger partial charge in [0.2, 0.25) is 11.1 Å². The molecule has 0 unspecified atom stereocenters. The molecule has 1 aromatic carbocycles. The van der Waals surface area contributed by atoms with Gasteiger partial charge in [-0.3, -0.25) is 14.4 Å². The molecule has 180 valence electrons. The van der Waals surface area contributed by atoms with Crippen LogP contribution in [-0.2, 0) is 28.6 Å². The fourth-order valence-corrected chi connectivity index (χ4v) is 5.21. The van der Waals surface area contributed by atoms with Crippen LogP contribution in [0, 0.1) is 11.3 Å². The predicted molar refractivity (Wildman–Crippen MR) is 115 cm³/mol. The predicted octanol–water partition coefficient (Wildman–Crippen LogP) is 3.39. The Morgan fingerprint density at radius 3 is 2.03 bits per heavy atom. The van der Waals surface area contributed by atoms with Crippen molar-refractivity contribution in [3.63, 3.8) is 0 Å². The number of carbonyl (C=O) groups is 4. The SMILES string of the molecule is CCOC(=O)C1(C(=O)OCC)[C@@H](c2ccccc2)[C@@]1(F)C(=O)N1C(=O)OC(C)(C)[C@@H]1C(C)C. The number of cyclic esters (lactones) is 1. The molecule has 0 bridgehead atoms. The topological polar surface area (TPSA) is 99.2 Å². The number of carbonyl (C=O) groups excluding carboxylic acids is 4. The fourth-order valence-electron chi connectivity index (χ4n) is 5.21. The molecule has 3 rings (SSSR count). The number of esters is 2. The summed E-state index contributed by atoms with van der Waals surface area (Å²) in [5, 5.41) is 0. The summed E-state index contributed by atoms with van der Waals surface area (Å²) in [6, 6.07) is 7.09. The first-order chi connectivity index (χ1) is 15.4. The van der Waals surface area contributed by atoms with E-state index in [9.17, 15) is 19.2 Å². The van der Waals surface area contributed by atoms with Crippen LogP contribution in [-0.4, -0.2) is 59.4 Å². The maximum Gasteiger partial charge on any atom is 0.417 e. The lowest BCUT2D eigenvalue weighted by Crippen LogP contribution is -2.53. The summed E-state index contributed by atoms with van der Waals surface area (Å²) in [5.74, 6) is -5.54. The summed E-state index contributed by atoms with van der Waals surface area (Å²) in [6.45, 7) is 9.52. The maximum atomic E-state index is 17.0. The van der Waals surface area contributed by atoms with Crippen molar-refractivity contribution in [1.29, 1.82) is 0 Å². The molecule has 1 heterocycles. The molecule has 1 aliphatic heterocycles. The zero-order valence-corrected chi connectivity index (χ0v) is 19.7. The minimum atomic E-state index is -3.10. The van der Waals surface area contributed by atoms with Crippen molar-refractivity contribution in [2.45, 2.75) is 64.8 Å².